The summed E-state index contributed by atoms with van der Waals surface area (Å²) in [5.41, 5.74) is 1.66. The molecule has 3 nitrogen and oxygen atoms in total. The fraction of sp³-hybridized carbons (Fsp3) is 0.250. The Labute approximate surface area is 87.9 Å². The number of aliphatic hydroxyl groups excluding tert-OH is 1. The molecule has 0 atom stereocenters. The molecule has 1 N–H and O–H groups in total. The number of hydrogen-bond donors (Lipinski definition) is 1. The maximum Gasteiger partial charge on any atom is 0.152 e. The van der Waals surface area contributed by atoms with Crippen molar-refractivity contribution >= 4 is 17.2 Å². The number of nitrogens with zero attached hydrogens (tertiary/aromatic N) is 1. The maximum atomic E-state index is 10.9. The highest BCUT2D eigenvalue weighted by atomic mass is 16.3. The Kier molecular flexibility index (Phi) is 2.83. The molecular weight excluding hydrogens is 190 g/mol. The van der Waals surface area contributed by atoms with Crippen LogP contribution in [0.1, 0.15) is 16.8 Å². The van der Waals surface area contributed by atoms with Gasteiger partial charge >= 0.3 is 0 Å². The Morgan fingerprint density at radius 2 is 2.20 bits per heavy atom. The summed E-state index contributed by atoms with van der Waals surface area (Å²) in [6.45, 7) is 0.910. The third kappa shape index (κ3) is 1.78. The molecule has 1 aromatic carbocycles. The van der Waals surface area contributed by atoms with Crippen LogP contribution in [0, 0.1) is 0 Å². The van der Waals surface area contributed by atoms with Crippen molar-refractivity contribution < 1.29 is 9.90 Å². The van der Waals surface area contributed by atoms with Crippen molar-refractivity contribution in [1.82, 2.24) is 4.57 Å². The van der Waals surface area contributed by atoms with Gasteiger partial charge in [-0.2, -0.15) is 0 Å². The molecule has 2 rings (SSSR count). The smallest absolute Gasteiger partial charge is 0.152 e. The second-order valence-corrected chi connectivity index (χ2v) is 3.49. The predicted molar refractivity (Wildman–Crippen MR) is 59.0 cm³/mol. The van der Waals surface area contributed by atoms with Crippen LogP contribution < -0.4 is 0 Å². The summed E-state index contributed by atoms with van der Waals surface area (Å²) in [5, 5.41) is 9.85. The van der Waals surface area contributed by atoms with Crippen LogP contribution in [-0.4, -0.2) is 22.6 Å². The number of rotatable bonds is 4. The third-order valence-electron chi connectivity index (χ3n) is 2.50. The number of carbonyl (C=O) groups is 1. The average molecular weight is 203 g/mol. The summed E-state index contributed by atoms with van der Waals surface area (Å²) in [4.78, 5) is 10.9. The highest BCUT2D eigenvalue weighted by Crippen LogP contribution is 2.19. The Bertz CT molecular complexity index is 473. The lowest BCUT2D eigenvalue weighted by molar-refractivity contribution is 0.112. The Morgan fingerprint density at radius 3 is 2.93 bits per heavy atom. The van der Waals surface area contributed by atoms with E-state index in [1.54, 1.807) is 0 Å². The minimum Gasteiger partial charge on any atom is -0.396 e. The lowest BCUT2D eigenvalue weighted by Crippen LogP contribution is -2.00. The molecule has 0 amide bonds. The Hall–Kier alpha value is -1.61. The van der Waals surface area contributed by atoms with Crippen molar-refractivity contribution in [2.75, 3.05) is 6.61 Å². The quantitative estimate of drug-likeness (QED) is 0.770. The highest BCUT2D eigenvalue weighted by molar-refractivity contribution is 5.96. The summed E-state index contributed by atoms with van der Waals surface area (Å²) < 4.78 is 2.01. The van der Waals surface area contributed by atoms with Crippen LogP contribution in [0.25, 0.3) is 10.9 Å². The minimum absolute atomic E-state index is 0.170. The van der Waals surface area contributed by atoms with Gasteiger partial charge in [0, 0.05) is 30.3 Å². The van der Waals surface area contributed by atoms with Gasteiger partial charge in [-0.15, -0.1) is 0 Å². The van der Waals surface area contributed by atoms with Crippen molar-refractivity contribution in [3.8, 4) is 0 Å². The molecule has 15 heavy (non-hydrogen) atoms. The van der Waals surface area contributed by atoms with Crippen LogP contribution in [0.15, 0.2) is 30.5 Å². The fourth-order valence-corrected chi connectivity index (χ4v) is 1.81. The summed E-state index contributed by atoms with van der Waals surface area (Å²) in [6.07, 6.45) is 3.53. The summed E-state index contributed by atoms with van der Waals surface area (Å²) in [5.74, 6) is 0. The zero-order chi connectivity index (χ0) is 10.7. The van der Waals surface area contributed by atoms with Crippen LogP contribution in [0.3, 0.4) is 0 Å². The molecule has 1 aromatic heterocycles. The van der Waals surface area contributed by atoms with Crippen molar-refractivity contribution in [3.05, 3.63) is 36.0 Å². The van der Waals surface area contributed by atoms with Gasteiger partial charge in [-0.05, 0) is 18.6 Å². The number of hydrogen-bond acceptors (Lipinski definition) is 2. The molecule has 0 aliphatic rings. The van der Waals surface area contributed by atoms with Gasteiger partial charge in [-0.25, -0.2) is 0 Å². The van der Waals surface area contributed by atoms with E-state index >= 15 is 0 Å². The number of aldehydes is 1. The van der Waals surface area contributed by atoms with Gasteiger partial charge < -0.3 is 9.67 Å². The number of para-hydroxylation sites is 1. The van der Waals surface area contributed by atoms with Crippen molar-refractivity contribution in [2.45, 2.75) is 13.0 Å². The van der Waals surface area contributed by atoms with Crippen LogP contribution in [0.2, 0.25) is 0 Å². The minimum atomic E-state index is 0.170. The number of benzene rings is 1. The number of aromatic nitrogens is 1. The van der Waals surface area contributed by atoms with E-state index in [4.69, 9.17) is 5.11 Å². The second-order valence-electron chi connectivity index (χ2n) is 3.49. The average Bonchev–Trinajstić information content (AvgIpc) is 2.69. The molecule has 0 saturated heterocycles. The molecule has 0 aliphatic carbocycles. The van der Waals surface area contributed by atoms with E-state index in [1.165, 1.54) is 0 Å². The zero-order valence-corrected chi connectivity index (χ0v) is 8.39. The van der Waals surface area contributed by atoms with E-state index < -0.39 is 0 Å². The topological polar surface area (TPSA) is 42.2 Å². The largest absolute Gasteiger partial charge is 0.396 e. The van der Waals surface area contributed by atoms with E-state index in [0.29, 0.717) is 12.0 Å². The first-order chi connectivity index (χ1) is 7.36. The Morgan fingerprint density at radius 1 is 1.33 bits per heavy atom. The lowest BCUT2D eigenvalue weighted by atomic mass is 10.1. The van der Waals surface area contributed by atoms with E-state index in [0.717, 1.165) is 23.7 Å². The van der Waals surface area contributed by atoms with Crippen molar-refractivity contribution in [3.63, 3.8) is 0 Å². The van der Waals surface area contributed by atoms with Gasteiger partial charge in [0.2, 0.25) is 0 Å². The number of aryl methyl sites for hydroxylation is 1. The first-order valence-electron chi connectivity index (χ1n) is 5.00. The summed E-state index contributed by atoms with van der Waals surface area (Å²) >= 11 is 0. The molecule has 0 radical (unpaired) electrons. The van der Waals surface area contributed by atoms with Crippen molar-refractivity contribution in [2.24, 2.45) is 0 Å². The van der Waals surface area contributed by atoms with Crippen LogP contribution >= 0.6 is 0 Å². The predicted octanol–water partition coefficient (Wildman–Crippen LogP) is 1.84. The van der Waals surface area contributed by atoms with Gasteiger partial charge in [-0.3, -0.25) is 4.79 Å². The molecule has 0 spiro atoms. The summed E-state index contributed by atoms with van der Waals surface area (Å²) in [6, 6.07) is 7.66. The summed E-state index contributed by atoms with van der Waals surface area (Å²) in [7, 11) is 0. The second kappa shape index (κ2) is 4.28. The van der Waals surface area contributed by atoms with E-state index in [-0.39, 0.29) is 6.61 Å². The first-order valence-corrected chi connectivity index (χ1v) is 5.00. The zero-order valence-electron chi connectivity index (χ0n) is 8.39. The lowest BCUT2D eigenvalue weighted by Gasteiger charge is -2.05. The fourth-order valence-electron chi connectivity index (χ4n) is 1.81. The number of carbonyl (C=O) groups excluding carboxylic acids is 1. The van der Waals surface area contributed by atoms with Crippen molar-refractivity contribution in [1.29, 1.82) is 0 Å². The van der Waals surface area contributed by atoms with Gasteiger partial charge in [0.1, 0.15) is 0 Å². The van der Waals surface area contributed by atoms with Crippen LogP contribution in [-0.2, 0) is 6.54 Å². The number of aliphatic hydroxyl groups is 1. The molecule has 1 heterocycles. The number of fused-ring (bicyclic) bond motifs is 1. The molecule has 3 heteroatoms. The molecule has 0 fully saturated rings. The van der Waals surface area contributed by atoms with E-state index in [9.17, 15) is 4.79 Å². The van der Waals surface area contributed by atoms with Crippen LogP contribution in [0.5, 0.6) is 0 Å². The van der Waals surface area contributed by atoms with Gasteiger partial charge in [0.05, 0.1) is 5.52 Å². The van der Waals surface area contributed by atoms with E-state index in [2.05, 4.69) is 0 Å². The monoisotopic (exact) mass is 203 g/mol. The van der Waals surface area contributed by atoms with Gasteiger partial charge in [0.15, 0.2) is 6.29 Å². The molecule has 0 saturated carbocycles. The van der Waals surface area contributed by atoms with Gasteiger partial charge in [0.25, 0.3) is 0 Å². The van der Waals surface area contributed by atoms with Gasteiger partial charge in [-0.1, -0.05) is 12.1 Å². The maximum absolute atomic E-state index is 10.9. The SMILES string of the molecule is O=Cc1cccc2ccn(CCCO)c12. The highest BCUT2D eigenvalue weighted by Gasteiger charge is 2.04. The Balaban J connectivity index is 2.50. The first kappa shape index (κ1) is 9.93. The molecular formula is C12H13NO2. The molecule has 2 aromatic rings. The molecule has 0 bridgehead atoms. The third-order valence-corrected chi connectivity index (χ3v) is 2.50. The molecule has 78 valence electrons. The van der Waals surface area contributed by atoms with Crippen LogP contribution in [0.4, 0.5) is 0 Å². The normalized spacial score (nSPS) is 10.7. The van der Waals surface area contributed by atoms with E-state index in [1.807, 2.05) is 35.0 Å². The molecule has 0 aliphatic heterocycles. The standard InChI is InChI=1S/C12H13NO2/c14-8-2-6-13-7-5-10-3-1-4-11(9-15)12(10)13/h1,3-5,7,9,14H,2,6,8H2. The molecule has 0 unspecified atom stereocenters.